The van der Waals surface area contributed by atoms with Gasteiger partial charge in [-0.2, -0.15) is 4.31 Å². The Hall–Kier alpha value is -3.19. The monoisotopic (exact) mass is 662 g/mol. The number of alkyl carbamates (subject to hydrolysis) is 1. The quantitative estimate of drug-likeness (QED) is 0.254. The summed E-state index contributed by atoms with van der Waals surface area (Å²) in [6, 6.07) is 6.04. The standard InChI is InChI=1S/C33H50N4O8S/c1-5-6-7-8-9-14-24-20-33(24,30(40)41)35-29(39)25-15-12-18-37(25)28(38)21-34-31(42)45-27(32(2,3)4)22-36-19-17-23-13-10-11-16-26(23)46(36,43)44/h10-11,13,16,24-25,27H,5-9,12,14-15,17-22H2,1-4H3,(H,34,42)(H,35,39)(H,40,41)/t24?,25-,27?,33+/m0/s1. The van der Waals surface area contributed by atoms with Crippen LogP contribution >= 0.6 is 0 Å². The predicted molar refractivity (Wildman–Crippen MR) is 171 cm³/mol. The summed E-state index contributed by atoms with van der Waals surface area (Å²) >= 11 is 0. The van der Waals surface area contributed by atoms with E-state index in [-0.39, 0.29) is 23.9 Å². The number of rotatable bonds is 14. The van der Waals surface area contributed by atoms with Crippen molar-refractivity contribution < 1.29 is 37.4 Å². The zero-order valence-electron chi connectivity index (χ0n) is 27.5. The lowest BCUT2D eigenvalue weighted by Crippen LogP contribution is -2.54. The van der Waals surface area contributed by atoms with Gasteiger partial charge in [0.2, 0.25) is 21.8 Å². The second kappa shape index (κ2) is 14.7. The first-order valence-electron chi connectivity index (χ1n) is 16.6. The van der Waals surface area contributed by atoms with Crippen molar-refractivity contribution in [3.63, 3.8) is 0 Å². The van der Waals surface area contributed by atoms with Crippen LogP contribution in [0.5, 0.6) is 0 Å². The fraction of sp³-hybridized carbons (Fsp3) is 0.697. The number of nitrogens with zero attached hydrogens (tertiary/aromatic N) is 2. The molecular weight excluding hydrogens is 612 g/mol. The maximum atomic E-state index is 13.3. The Labute approximate surface area is 272 Å². The van der Waals surface area contributed by atoms with Crippen molar-refractivity contribution in [3.8, 4) is 0 Å². The van der Waals surface area contributed by atoms with E-state index in [9.17, 15) is 32.7 Å². The smallest absolute Gasteiger partial charge is 0.407 e. The van der Waals surface area contributed by atoms with E-state index in [2.05, 4.69) is 17.6 Å². The number of carbonyl (C=O) groups excluding carboxylic acids is 3. The van der Waals surface area contributed by atoms with Crippen LogP contribution in [0.15, 0.2) is 29.2 Å². The summed E-state index contributed by atoms with van der Waals surface area (Å²) in [7, 11) is -3.76. The lowest BCUT2D eigenvalue weighted by Gasteiger charge is -2.36. The molecule has 46 heavy (non-hydrogen) atoms. The molecule has 3 aliphatic rings. The van der Waals surface area contributed by atoms with Crippen molar-refractivity contribution in [1.29, 1.82) is 0 Å². The molecule has 4 atom stereocenters. The number of likely N-dealkylation sites (tertiary alicyclic amines) is 1. The van der Waals surface area contributed by atoms with Gasteiger partial charge in [-0.25, -0.2) is 18.0 Å². The van der Waals surface area contributed by atoms with E-state index in [1.54, 1.807) is 24.3 Å². The Bertz CT molecular complexity index is 1390. The summed E-state index contributed by atoms with van der Waals surface area (Å²) < 4.78 is 33.6. The average Bonchev–Trinajstić information content (AvgIpc) is 3.46. The van der Waals surface area contributed by atoms with Gasteiger partial charge in [-0.05, 0) is 49.7 Å². The highest BCUT2D eigenvalue weighted by Gasteiger charge is 2.61. The van der Waals surface area contributed by atoms with Gasteiger partial charge in [-0.1, -0.05) is 78.0 Å². The highest BCUT2D eigenvalue weighted by Crippen LogP contribution is 2.47. The summed E-state index contributed by atoms with van der Waals surface area (Å²) in [5.74, 6) is -2.14. The first-order chi connectivity index (χ1) is 21.7. The normalized spacial score (nSPS) is 24.5. The molecule has 1 saturated heterocycles. The van der Waals surface area contributed by atoms with E-state index in [4.69, 9.17) is 4.74 Å². The average molecular weight is 663 g/mol. The van der Waals surface area contributed by atoms with Crippen molar-refractivity contribution in [2.75, 3.05) is 26.2 Å². The molecule has 1 aromatic rings. The first-order valence-corrected chi connectivity index (χ1v) is 18.0. The van der Waals surface area contributed by atoms with Gasteiger partial charge in [-0.3, -0.25) is 9.59 Å². The molecule has 1 aliphatic carbocycles. The summed E-state index contributed by atoms with van der Waals surface area (Å²) in [6.45, 7) is 7.78. The van der Waals surface area contributed by atoms with E-state index in [1.165, 1.54) is 9.21 Å². The number of amides is 3. The molecule has 256 valence electrons. The van der Waals surface area contributed by atoms with Crippen LogP contribution in [0.25, 0.3) is 0 Å². The van der Waals surface area contributed by atoms with Crippen LogP contribution < -0.4 is 10.6 Å². The van der Waals surface area contributed by atoms with Gasteiger partial charge in [-0.15, -0.1) is 0 Å². The van der Waals surface area contributed by atoms with Crippen molar-refractivity contribution in [2.45, 2.75) is 114 Å². The van der Waals surface area contributed by atoms with Gasteiger partial charge in [0.25, 0.3) is 0 Å². The van der Waals surface area contributed by atoms with Gasteiger partial charge in [0.1, 0.15) is 24.2 Å². The third-order valence-electron chi connectivity index (χ3n) is 9.55. The minimum absolute atomic E-state index is 0.0407. The third-order valence-corrected chi connectivity index (χ3v) is 11.5. The molecule has 4 rings (SSSR count). The second-order valence-corrected chi connectivity index (χ2v) is 15.9. The van der Waals surface area contributed by atoms with Crippen molar-refractivity contribution in [2.24, 2.45) is 11.3 Å². The molecule has 1 aromatic carbocycles. The number of sulfonamides is 1. The number of unbranched alkanes of at least 4 members (excludes halogenated alkanes) is 4. The molecule has 0 aromatic heterocycles. The zero-order chi connectivity index (χ0) is 33.7. The van der Waals surface area contributed by atoms with Crippen LogP contribution in [0, 0.1) is 11.3 Å². The first kappa shape index (κ1) is 35.7. The molecular formula is C33H50N4O8S. The molecule has 0 bridgehead atoms. The molecule has 12 nitrogen and oxygen atoms in total. The van der Waals surface area contributed by atoms with Crippen molar-refractivity contribution in [1.82, 2.24) is 19.8 Å². The minimum Gasteiger partial charge on any atom is -0.479 e. The number of aliphatic carboxylic acids is 1. The number of carbonyl (C=O) groups is 4. The molecule has 2 heterocycles. The minimum atomic E-state index is -3.76. The number of hydrogen-bond donors (Lipinski definition) is 3. The summed E-state index contributed by atoms with van der Waals surface area (Å²) in [5, 5.41) is 15.2. The highest BCUT2D eigenvalue weighted by atomic mass is 32.2. The number of benzene rings is 1. The Morgan fingerprint density at radius 1 is 1.09 bits per heavy atom. The molecule has 1 saturated carbocycles. The highest BCUT2D eigenvalue weighted by molar-refractivity contribution is 7.89. The molecule has 13 heteroatoms. The molecule has 2 unspecified atom stereocenters. The van der Waals surface area contributed by atoms with Crippen LogP contribution in [-0.2, 0) is 35.6 Å². The fourth-order valence-electron chi connectivity index (χ4n) is 6.53. The maximum Gasteiger partial charge on any atom is 0.407 e. The number of nitrogens with one attached hydrogen (secondary N) is 2. The third kappa shape index (κ3) is 8.20. The Kier molecular flexibility index (Phi) is 11.4. The molecule has 3 N–H and O–H groups in total. The number of hydrogen-bond acceptors (Lipinski definition) is 7. The Morgan fingerprint density at radius 2 is 1.80 bits per heavy atom. The van der Waals surface area contributed by atoms with Crippen LogP contribution in [0.1, 0.15) is 91.0 Å². The maximum absolute atomic E-state index is 13.3. The number of carboxylic acid groups (broad SMARTS) is 1. The van der Waals surface area contributed by atoms with Gasteiger partial charge in [0.05, 0.1) is 11.4 Å². The van der Waals surface area contributed by atoms with Crippen LogP contribution in [0.2, 0.25) is 0 Å². The molecule has 2 aliphatic heterocycles. The lowest BCUT2D eigenvalue weighted by atomic mass is 9.89. The van der Waals surface area contributed by atoms with E-state index in [1.807, 2.05) is 20.8 Å². The van der Waals surface area contributed by atoms with Crippen LogP contribution in [0.4, 0.5) is 4.79 Å². The molecule has 3 amide bonds. The van der Waals surface area contributed by atoms with Crippen LogP contribution in [-0.4, -0.2) is 90.5 Å². The number of ether oxygens (including phenoxy) is 1. The SMILES string of the molecule is CCCCCCCC1C[C@]1(NC(=O)[C@@H]1CCCN1C(=O)CNC(=O)OC(CN1CCc2ccccc2S1(=O)=O)C(C)(C)C)C(=O)O. The summed E-state index contributed by atoms with van der Waals surface area (Å²) in [6.07, 6.45) is 6.33. The van der Waals surface area contributed by atoms with Gasteiger partial charge in [0, 0.05) is 18.5 Å². The van der Waals surface area contributed by atoms with Crippen LogP contribution in [0.3, 0.4) is 0 Å². The zero-order valence-corrected chi connectivity index (χ0v) is 28.4. The van der Waals surface area contributed by atoms with E-state index in [0.29, 0.717) is 32.2 Å². The Morgan fingerprint density at radius 3 is 2.50 bits per heavy atom. The summed E-state index contributed by atoms with van der Waals surface area (Å²) in [5.41, 5.74) is -1.14. The van der Waals surface area contributed by atoms with Gasteiger partial charge >= 0.3 is 12.1 Å². The van der Waals surface area contributed by atoms with Gasteiger partial charge < -0.3 is 25.4 Å². The lowest BCUT2D eigenvalue weighted by molar-refractivity contribution is -0.145. The number of carboxylic acids is 1. The second-order valence-electron chi connectivity index (χ2n) is 13.9. The van der Waals surface area contributed by atoms with E-state index >= 15 is 0 Å². The van der Waals surface area contributed by atoms with Crippen molar-refractivity contribution >= 4 is 33.9 Å². The molecule has 0 spiro atoms. The van der Waals surface area contributed by atoms with Crippen molar-refractivity contribution in [3.05, 3.63) is 29.8 Å². The van der Waals surface area contributed by atoms with E-state index < -0.39 is 63.5 Å². The predicted octanol–water partition coefficient (Wildman–Crippen LogP) is 3.69. The largest absolute Gasteiger partial charge is 0.479 e. The molecule has 2 fully saturated rings. The molecule has 0 radical (unpaired) electrons. The number of fused-ring (bicyclic) bond motifs is 1. The van der Waals surface area contributed by atoms with Gasteiger partial charge in [0.15, 0.2) is 0 Å². The fourth-order valence-corrected chi connectivity index (χ4v) is 8.22. The van der Waals surface area contributed by atoms with E-state index in [0.717, 1.165) is 44.1 Å². The topological polar surface area (TPSA) is 162 Å². The summed E-state index contributed by atoms with van der Waals surface area (Å²) in [4.78, 5) is 53.1. The Balaban J connectivity index is 1.30.